The average molecular weight is 436 g/mol. The van der Waals surface area contributed by atoms with Crippen molar-refractivity contribution in [2.24, 2.45) is 0 Å². The minimum Gasteiger partial charge on any atom is -0.462 e. The van der Waals surface area contributed by atoms with Crippen molar-refractivity contribution >= 4 is 23.0 Å². The largest absolute Gasteiger partial charge is 0.462 e. The number of nitrogens with zero attached hydrogens (tertiary/aromatic N) is 2. The Balaban J connectivity index is 1.61. The lowest BCUT2D eigenvalue weighted by Crippen LogP contribution is -2.29. The number of para-hydroxylation sites is 2. The van der Waals surface area contributed by atoms with Gasteiger partial charge in [0, 0.05) is 5.70 Å². The zero-order chi connectivity index (χ0) is 22.5. The summed E-state index contributed by atoms with van der Waals surface area (Å²) in [6.07, 6.45) is 6.76. The van der Waals surface area contributed by atoms with E-state index in [0.29, 0.717) is 23.8 Å². The van der Waals surface area contributed by atoms with E-state index in [-0.39, 0.29) is 11.8 Å². The maximum atomic E-state index is 13.7. The van der Waals surface area contributed by atoms with E-state index in [9.17, 15) is 9.18 Å². The van der Waals surface area contributed by atoms with Crippen LogP contribution < -0.4 is 5.32 Å². The number of imidazole rings is 1. The third-order valence-corrected chi connectivity index (χ3v) is 5.97. The van der Waals surface area contributed by atoms with E-state index < -0.39 is 6.04 Å². The number of esters is 1. The van der Waals surface area contributed by atoms with Gasteiger partial charge in [-0.25, -0.2) is 14.2 Å². The highest BCUT2D eigenvalue weighted by atomic mass is 19.1. The molecule has 2 heterocycles. The van der Waals surface area contributed by atoms with Crippen molar-refractivity contribution < 1.29 is 13.9 Å². The van der Waals surface area contributed by atoms with Gasteiger partial charge in [-0.05, 0) is 43.2 Å². The number of unbranched alkanes of at least 4 members (excludes halogenated alkanes) is 5. The predicted molar refractivity (Wildman–Crippen MR) is 125 cm³/mol. The molecule has 0 unspecified atom stereocenters. The van der Waals surface area contributed by atoms with Crippen LogP contribution in [-0.2, 0) is 9.53 Å². The number of anilines is 1. The van der Waals surface area contributed by atoms with Crippen LogP contribution in [0.15, 0.2) is 59.8 Å². The Labute approximate surface area is 188 Å². The molecular weight excluding hydrogens is 405 g/mol. The Morgan fingerprint density at radius 3 is 2.56 bits per heavy atom. The van der Waals surface area contributed by atoms with Crippen LogP contribution >= 0.6 is 0 Å². The van der Waals surface area contributed by atoms with Crippen molar-refractivity contribution in [2.45, 2.75) is 58.4 Å². The molecule has 1 aliphatic rings. The predicted octanol–water partition coefficient (Wildman–Crippen LogP) is 6.37. The molecule has 1 atom stereocenters. The molecule has 0 amide bonds. The highest BCUT2D eigenvalue weighted by Gasteiger charge is 2.34. The van der Waals surface area contributed by atoms with Crippen LogP contribution in [0.5, 0.6) is 0 Å². The monoisotopic (exact) mass is 435 g/mol. The first-order valence-corrected chi connectivity index (χ1v) is 11.5. The molecule has 32 heavy (non-hydrogen) atoms. The summed E-state index contributed by atoms with van der Waals surface area (Å²) in [4.78, 5) is 17.9. The molecule has 2 aromatic carbocycles. The Kier molecular flexibility index (Phi) is 6.88. The second kappa shape index (κ2) is 9.98. The molecule has 6 heteroatoms. The van der Waals surface area contributed by atoms with Crippen molar-refractivity contribution in [1.29, 1.82) is 0 Å². The number of carbonyl (C=O) groups is 1. The molecule has 168 valence electrons. The third-order valence-electron chi connectivity index (χ3n) is 5.97. The Hall–Kier alpha value is -3.15. The molecule has 0 saturated carbocycles. The number of aromatic nitrogens is 2. The van der Waals surface area contributed by atoms with Gasteiger partial charge in [0.25, 0.3) is 0 Å². The van der Waals surface area contributed by atoms with Crippen LogP contribution in [0.25, 0.3) is 11.0 Å². The summed E-state index contributed by atoms with van der Waals surface area (Å²) in [5.74, 6) is -0.00175. The molecule has 0 saturated heterocycles. The van der Waals surface area contributed by atoms with Crippen LogP contribution in [0.2, 0.25) is 0 Å². The van der Waals surface area contributed by atoms with Crippen LogP contribution in [0.4, 0.5) is 10.3 Å². The van der Waals surface area contributed by atoms with Gasteiger partial charge in [-0.15, -0.1) is 0 Å². The van der Waals surface area contributed by atoms with E-state index in [1.807, 2.05) is 35.8 Å². The van der Waals surface area contributed by atoms with Gasteiger partial charge in [-0.2, -0.15) is 0 Å². The number of carbonyl (C=O) groups excluding carboxylic acids is 1. The van der Waals surface area contributed by atoms with E-state index in [1.165, 1.54) is 31.4 Å². The summed E-state index contributed by atoms with van der Waals surface area (Å²) in [7, 11) is 0. The molecule has 0 aliphatic carbocycles. The van der Waals surface area contributed by atoms with Gasteiger partial charge in [-0.1, -0.05) is 63.3 Å². The second-order valence-corrected chi connectivity index (χ2v) is 8.32. The van der Waals surface area contributed by atoms with Gasteiger partial charge in [0.2, 0.25) is 5.95 Å². The van der Waals surface area contributed by atoms with Crippen molar-refractivity contribution in [2.75, 3.05) is 11.9 Å². The number of hydrogen-bond acceptors (Lipinski definition) is 4. The molecule has 0 fully saturated rings. The summed E-state index contributed by atoms with van der Waals surface area (Å²) < 4.78 is 21.3. The number of ether oxygens (including phenoxy) is 1. The maximum Gasteiger partial charge on any atom is 0.338 e. The summed E-state index contributed by atoms with van der Waals surface area (Å²) in [6.45, 7) is 4.46. The fourth-order valence-electron chi connectivity index (χ4n) is 4.31. The first kappa shape index (κ1) is 22.1. The number of allylic oxidation sites excluding steroid dienone is 1. The molecule has 1 aliphatic heterocycles. The molecule has 4 rings (SSSR count). The lowest BCUT2D eigenvalue weighted by Gasteiger charge is -2.30. The van der Waals surface area contributed by atoms with E-state index in [4.69, 9.17) is 9.72 Å². The summed E-state index contributed by atoms with van der Waals surface area (Å²) in [6, 6.07) is 13.6. The average Bonchev–Trinajstić information content (AvgIpc) is 3.16. The van der Waals surface area contributed by atoms with Crippen molar-refractivity contribution in [3.8, 4) is 0 Å². The highest BCUT2D eigenvalue weighted by molar-refractivity contribution is 5.94. The van der Waals surface area contributed by atoms with Gasteiger partial charge >= 0.3 is 5.97 Å². The topological polar surface area (TPSA) is 56.1 Å². The minimum absolute atomic E-state index is 0.314. The summed E-state index contributed by atoms with van der Waals surface area (Å²) in [5.41, 5.74) is 3.77. The van der Waals surface area contributed by atoms with E-state index in [0.717, 1.165) is 35.9 Å². The fraction of sp³-hybridized carbons (Fsp3) is 0.385. The van der Waals surface area contributed by atoms with Gasteiger partial charge < -0.3 is 10.1 Å². The van der Waals surface area contributed by atoms with E-state index >= 15 is 0 Å². The Morgan fingerprint density at radius 2 is 1.78 bits per heavy atom. The molecule has 0 spiro atoms. The second-order valence-electron chi connectivity index (χ2n) is 8.32. The van der Waals surface area contributed by atoms with Crippen LogP contribution in [0.1, 0.15) is 64.0 Å². The van der Waals surface area contributed by atoms with Crippen molar-refractivity contribution in [1.82, 2.24) is 9.55 Å². The number of hydrogen-bond donors (Lipinski definition) is 1. The zero-order valence-corrected chi connectivity index (χ0v) is 18.7. The van der Waals surface area contributed by atoms with Crippen LogP contribution in [0, 0.1) is 5.82 Å². The highest BCUT2D eigenvalue weighted by Crippen LogP contribution is 2.39. The first-order valence-electron chi connectivity index (χ1n) is 11.5. The number of fused-ring (bicyclic) bond motifs is 3. The smallest absolute Gasteiger partial charge is 0.338 e. The number of benzene rings is 2. The van der Waals surface area contributed by atoms with Crippen LogP contribution in [0.3, 0.4) is 0 Å². The number of rotatable bonds is 9. The minimum atomic E-state index is -0.448. The lowest BCUT2D eigenvalue weighted by molar-refractivity contribution is -0.139. The molecule has 5 nitrogen and oxygen atoms in total. The van der Waals surface area contributed by atoms with Crippen molar-refractivity contribution in [3.63, 3.8) is 0 Å². The number of nitrogens with one attached hydrogen (secondary N) is 1. The lowest BCUT2D eigenvalue weighted by atomic mass is 9.95. The normalized spacial score (nSPS) is 15.5. The molecule has 0 radical (unpaired) electrons. The quantitative estimate of drug-likeness (QED) is 0.313. The summed E-state index contributed by atoms with van der Waals surface area (Å²) >= 11 is 0. The van der Waals surface area contributed by atoms with E-state index in [2.05, 4.69) is 12.2 Å². The Bertz CT molecular complexity index is 1120. The first-order chi connectivity index (χ1) is 15.6. The molecule has 3 aromatic rings. The molecule has 0 bridgehead atoms. The number of halogens is 1. The van der Waals surface area contributed by atoms with Gasteiger partial charge in [-0.3, -0.25) is 4.57 Å². The standard InChI is InChI=1S/C26H30FN3O2/c1-3-4-5-6-7-10-17-32-25(31)23-18(2)28-26-29-21-11-8-9-12-22(21)30(26)24(23)19-13-15-20(27)16-14-19/h8-9,11-16,24H,3-7,10,17H2,1-2H3,(H,28,29)/t24-/m1/s1. The van der Waals surface area contributed by atoms with Gasteiger partial charge in [0.15, 0.2) is 0 Å². The maximum absolute atomic E-state index is 13.7. The summed E-state index contributed by atoms with van der Waals surface area (Å²) in [5, 5.41) is 3.27. The van der Waals surface area contributed by atoms with Gasteiger partial charge in [0.05, 0.1) is 29.3 Å². The van der Waals surface area contributed by atoms with Crippen LogP contribution in [-0.4, -0.2) is 22.1 Å². The molecule has 1 N–H and O–H groups in total. The van der Waals surface area contributed by atoms with Gasteiger partial charge in [0.1, 0.15) is 5.82 Å². The molecular formula is C26H30FN3O2. The molecule has 1 aromatic heterocycles. The third kappa shape index (κ3) is 4.54. The van der Waals surface area contributed by atoms with E-state index in [1.54, 1.807) is 12.1 Å². The SMILES string of the molecule is CCCCCCCCOC(=O)C1=C(C)Nc2nc3ccccc3n2[C@@H]1c1ccc(F)cc1. The fourth-order valence-corrected chi connectivity index (χ4v) is 4.31. The Morgan fingerprint density at radius 1 is 1.06 bits per heavy atom. The zero-order valence-electron chi connectivity index (χ0n) is 18.7. The van der Waals surface area contributed by atoms with Crippen molar-refractivity contribution in [3.05, 3.63) is 71.2 Å².